The van der Waals surface area contributed by atoms with E-state index < -0.39 is 5.82 Å². The molecule has 0 fully saturated rings. The molecule has 0 atom stereocenters. The fourth-order valence-corrected chi connectivity index (χ4v) is 1.75. The molecule has 0 saturated carbocycles. The molecule has 2 rings (SSSR count). The summed E-state index contributed by atoms with van der Waals surface area (Å²) in [6.45, 7) is 0. The predicted molar refractivity (Wildman–Crippen MR) is 60.0 cm³/mol. The topological polar surface area (TPSA) is 30.0 Å². The molecule has 0 aliphatic heterocycles. The summed E-state index contributed by atoms with van der Waals surface area (Å²) in [6, 6.07) is 7.62. The highest BCUT2D eigenvalue weighted by Crippen LogP contribution is 2.30. The van der Waals surface area contributed by atoms with E-state index in [9.17, 15) is 9.18 Å². The number of halogens is 2. The molecule has 0 bridgehead atoms. The van der Waals surface area contributed by atoms with Crippen LogP contribution in [0, 0.1) is 5.82 Å². The minimum absolute atomic E-state index is 0.120. The number of nitrogens with zero attached hydrogens (tertiary/aromatic N) is 1. The van der Waals surface area contributed by atoms with Crippen LogP contribution in [0.25, 0.3) is 11.1 Å². The van der Waals surface area contributed by atoms with Crippen molar-refractivity contribution in [1.82, 2.24) is 4.98 Å². The van der Waals surface area contributed by atoms with Gasteiger partial charge in [0.15, 0.2) is 6.29 Å². The summed E-state index contributed by atoms with van der Waals surface area (Å²) in [5, 5.41) is 0.120. The molecule has 0 saturated heterocycles. The van der Waals surface area contributed by atoms with Gasteiger partial charge >= 0.3 is 0 Å². The number of aromatic nitrogens is 1. The summed E-state index contributed by atoms with van der Waals surface area (Å²) in [5.74, 6) is -0.430. The fourth-order valence-electron chi connectivity index (χ4n) is 1.48. The maximum absolute atomic E-state index is 13.6. The number of rotatable bonds is 2. The lowest BCUT2D eigenvalue weighted by atomic mass is 10.0. The number of pyridine rings is 1. The van der Waals surface area contributed by atoms with E-state index in [1.165, 1.54) is 18.3 Å². The smallest absolute Gasteiger partial charge is 0.150 e. The lowest BCUT2D eigenvalue weighted by Crippen LogP contribution is -1.93. The molecule has 0 spiro atoms. The average molecular weight is 236 g/mol. The zero-order valence-corrected chi connectivity index (χ0v) is 8.91. The molecule has 4 heteroatoms. The van der Waals surface area contributed by atoms with E-state index in [0.29, 0.717) is 17.4 Å². The molecule has 0 N–H and O–H groups in total. The quantitative estimate of drug-likeness (QED) is 0.590. The lowest BCUT2D eigenvalue weighted by molar-refractivity contribution is 0.112. The van der Waals surface area contributed by atoms with Crippen LogP contribution in [0.1, 0.15) is 10.4 Å². The highest BCUT2D eigenvalue weighted by atomic mass is 35.5. The van der Waals surface area contributed by atoms with Crippen molar-refractivity contribution < 1.29 is 9.18 Å². The molecule has 1 aromatic carbocycles. The molecular formula is C12H7ClFNO. The molecule has 1 aromatic heterocycles. The molecular weight excluding hydrogens is 229 g/mol. The minimum atomic E-state index is -0.430. The first-order chi connectivity index (χ1) is 7.74. The van der Waals surface area contributed by atoms with Crippen LogP contribution >= 0.6 is 11.6 Å². The van der Waals surface area contributed by atoms with Crippen LogP contribution in [0.4, 0.5) is 4.39 Å². The number of aldehydes is 1. The van der Waals surface area contributed by atoms with Crippen LogP contribution in [0.5, 0.6) is 0 Å². The van der Waals surface area contributed by atoms with Gasteiger partial charge < -0.3 is 0 Å². The standard InChI is InChI=1S/C12H7ClFNO/c13-12-11(8(7-16)5-6-15-12)9-3-1-2-4-10(9)14/h1-7H. The summed E-state index contributed by atoms with van der Waals surface area (Å²) in [5.41, 5.74) is 0.935. The third-order valence-electron chi connectivity index (χ3n) is 2.21. The lowest BCUT2D eigenvalue weighted by Gasteiger charge is -2.07. The first-order valence-electron chi connectivity index (χ1n) is 4.58. The average Bonchev–Trinajstić information content (AvgIpc) is 2.30. The molecule has 0 amide bonds. The fraction of sp³-hybridized carbons (Fsp3) is 0. The monoisotopic (exact) mass is 235 g/mol. The number of hydrogen-bond acceptors (Lipinski definition) is 2. The van der Waals surface area contributed by atoms with Gasteiger partial charge in [-0.15, -0.1) is 0 Å². The maximum Gasteiger partial charge on any atom is 0.150 e. The summed E-state index contributed by atoms with van der Waals surface area (Å²) in [6.07, 6.45) is 2.05. The van der Waals surface area contributed by atoms with Crippen LogP contribution < -0.4 is 0 Å². The van der Waals surface area contributed by atoms with Crippen molar-refractivity contribution in [3.05, 3.63) is 53.1 Å². The van der Waals surface area contributed by atoms with E-state index in [0.717, 1.165) is 0 Å². The highest BCUT2D eigenvalue weighted by molar-refractivity contribution is 6.32. The van der Waals surface area contributed by atoms with Gasteiger partial charge in [-0.3, -0.25) is 4.79 Å². The molecule has 2 aromatic rings. The molecule has 80 valence electrons. The van der Waals surface area contributed by atoms with Gasteiger partial charge in [0.2, 0.25) is 0 Å². The Morgan fingerprint density at radius 1 is 1.25 bits per heavy atom. The van der Waals surface area contributed by atoms with Crippen LogP contribution in [0.15, 0.2) is 36.5 Å². The third kappa shape index (κ3) is 1.82. The Balaban J connectivity index is 2.73. The number of carbonyl (C=O) groups is 1. The minimum Gasteiger partial charge on any atom is -0.298 e. The van der Waals surface area contributed by atoms with Gasteiger partial charge in [0, 0.05) is 22.9 Å². The molecule has 1 heterocycles. The highest BCUT2D eigenvalue weighted by Gasteiger charge is 2.13. The second kappa shape index (κ2) is 4.41. The Morgan fingerprint density at radius 2 is 2.00 bits per heavy atom. The van der Waals surface area contributed by atoms with E-state index in [-0.39, 0.29) is 10.7 Å². The molecule has 0 unspecified atom stereocenters. The number of benzene rings is 1. The van der Waals surface area contributed by atoms with Crippen LogP contribution in [-0.4, -0.2) is 11.3 Å². The first-order valence-corrected chi connectivity index (χ1v) is 4.96. The Labute approximate surface area is 96.7 Å². The van der Waals surface area contributed by atoms with Gasteiger partial charge in [0.05, 0.1) is 0 Å². The van der Waals surface area contributed by atoms with Crippen molar-refractivity contribution in [2.75, 3.05) is 0 Å². The maximum atomic E-state index is 13.6. The van der Waals surface area contributed by atoms with E-state index in [1.54, 1.807) is 18.2 Å². The molecule has 0 aliphatic rings. The number of carbonyl (C=O) groups excluding carboxylic acids is 1. The molecule has 0 aliphatic carbocycles. The van der Waals surface area contributed by atoms with Gasteiger partial charge in [0.1, 0.15) is 11.0 Å². The van der Waals surface area contributed by atoms with E-state index in [2.05, 4.69) is 4.98 Å². The van der Waals surface area contributed by atoms with Crippen LogP contribution in [0.3, 0.4) is 0 Å². The van der Waals surface area contributed by atoms with Gasteiger partial charge in [-0.25, -0.2) is 9.37 Å². The predicted octanol–water partition coefficient (Wildman–Crippen LogP) is 3.35. The van der Waals surface area contributed by atoms with E-state index in [4.69, 9.17) is 11.6 Å². The van der Waals surface area contributed by atoms with Crippen molar-refractivity contribution in [2.24, 2.45) is 0 Å². The zero-order valence-electron chi connectivity index (χ0n) is 8.15. The normalized spacial score (nSPS) is 10.1. The molecule has 2 nitrogen and oxygen atoms in total. The summed E-state index contributed by atoms with van der Waals surface area (Å²) in [7, 11) is 0. The Bertz CT molecular complexity index is 542. The van der Waals surface area contributed by atoms with Crippen molar-refractivity contribution in [1.29, 1.82) is 0 Å². The molecule has 0 radical (unpaired) electrons. The van der Waals surface area contributed by atoms with Crippen LogP contribution in [0.2, 0.25) is 5.15 Å². The summed E-state index contributed by atoms with van der Waals surface area (Å²) in [4.78, 5) is 14.7. The summed E-state index contributed by atoms with van der Waals surface area (Å²) >= 11 is 5.88. The Hall–Kier alpha value is -1.74. The third-order valence-corrected chi connectivity index (χ3v) is 2.49. The Morgan fingerprint density at radius 3 is 2.69 bits per heavy atom. The van der Waals surface area contributed by atoms with Gasteiger partial charge in [0.25, 0.3) is 0 Å². The van der Waals surface area contributed by atoms with Crippen molar-refractivity contribution >= 4 is 17.9 Å². The first kappa shape index (κ1) is 10.8. The van der Waals surface area contributed by atoms with E-state index in [1.807, 2.05) is 0 Å². The van der Waals surface area contributed by atoms with Crippen molar-refractivity contribution in [3.8, 4) is 11.1 Å². The van der Waals surface area contributed by atoms with Crippen molar-refractivity contribution in [3.63, 3.8) is 0 Å². The zero-order chi connectivity index (χ0) is 11.5. The van der Waals surface area contributed by atoms with Gasteiger partial charge in [-0.1, -0.05) is 29.8 Å². The SMILES string of the molecule is O=Cc1ccnc(Cl)c1-c1ccccc1F. The second-order valence-electron chi connectivity index (χ2n) is 3.16. The summed E-state index contributed by atoms with van der Waals surface area (Å²) < 4.78 is 13.6. The number of hydrogen-bond donors (Lipinski definition) is 0. The van der Waals surface area contributed by atoms with Crippen molar-refractivity contribution in [2.45, 2.75) is 0 Å². The van der Waals surface area contributed by atoms with Crippen LogP contribution in [-0.2, 0) is 0 Å². The Kier molecular flexibility index (Phi) is 2.97. The van der Waals surface area contributed by atoms with Gasteiger partial charge in [-0.2, -0.15) is 0 Å². The largest absolute Gasteiger partial charge is 0.298 e. The van der Waals surface area contributed by atoms with Gasteiger partial charge in [-0.05, 0) is 12.1 Å². The molecule has 16 heavy (non-hydrogen) atoms. The van der Waals surface area contributed by atoms with E-state index >= 15 is 0 Å². The second-order valence-corrected chi connectivity index (χ2v) is 3.52.